The fourth-order valence-corrected chi connectivity index (χ4v) is 4.83. The smallest absolute Gasteiger partial charge is 0.261 e. The number of aryl methyl sites for hydroxylation is 1. The lowest BCUT2D eigenvalue weighted by Crippen LogP contribution is -2.42. The molecule has 0 spiro atoms. The van der Waals surface area contributed by atoms with E-state index in [1.165, 1.54) is 16.9 Å². The Balaban J connectivity index is 1.35. The van der Waals surface area contributed by atoms with Crippen LogP contribution < -0.4 is 10.1 Å². The molecular formula is C23H21N3O2S. The van der Waals surface area contributed by atoms with Gasteiger partial charge in [0.1, 0.15) is 17.2 Å². The highest BCUT2D eigenvalue weighted by atomic mass is 32.1. The van der Waals surface area contributed by atoms with E-state index in [1.807, 2.05) is 54.1 Å². The Morgan fingerprint density at radius 1 is 1.21 bits per heavy atom. The van der Waals surface area contributed by atoms with Crippen LogP contribution in [0.15, 0.2) is 60.7 Å². The number of amides is 1. The predicted molar refractivity (Wildman–Crippen MR) is 115 cm³/mol. The highest BCUT2D eigenvalue weighted by Gasteiger charge is 2.23. The van der Waals surface area contributed by atoms with Crippen LogP contribution in [0.3, 0.4) is 0 Å². The predicted octanol–water partition coefficient (Wildman–Crippen LogP) is 4.19. The molecule has 146 valence electrons. The maximum absolute atomic E-state index is 12.9. The van der Waals surface area contributed by atoms with Crippen LogP contribution in [0, 0.1) is 6.92 Å². The normalized spacial score (nSPS) is 15.7. The maximum atomic E-state index is 12.9. The van der Waals surface area contributed by atoms with Crippen molar-refractivity contribution in [1.29, 1.82) is 0 Å². The summed E-state index contributed by atoms with van der Waals surface area (Å²) in [5.74, 6) is 0.862. The Morgan fingerprint density at radius 2 is 2.00 bits per heavy atom. The minimum atomic E-state index is -0.0511. The van der Waals surface area contributed by atoms with Crippen molar-refractivity contribution in [3.8, 4) is 5.75 Å². The van der Waals surface area contributed by atoms with Gasteiger partial charge in [-0.1, -0.05) is 48.5 Å². The summed E-state index contributed by atoms with van der Waals surface area (Å²) in [6.07, 6.45) is 0.785. The van der Waals surface area contributed by atoms with Gasteiger partial charge in [0.2, 0.25) is 0 Å². The van der Waals surface area contributed by atoms with Crippen LogP contribution in [0.1, 0.15) is 26.5 Å². The molecule has 29 heavy (non-hydrogen) atoms. The van der Waals surface area contributed by atoms with Crippen molar-refractivity contribution in [2.24, 2.45) is 0 Å². The second-order valence-electron chi connectivity index (χ2n) is 7.35. The third kappa shape index (κ3) is 3.51. The zero-order chi connectivity index (χ0) is 19.8. The number of aromatic nitrogens is 2. The Morgan fingerprint density at radius 3 is 2.86 bits per heavy atom. The van der Waals surface area contributed by atoms with Crippen LogP contribution in [0.4, 0.5) is 0 Å². The van der Waals surface area contributed by atoms with Gasteiger partial charge in [0.05, 0.1) is 23.2 Å². The molecule has 6 heteroatoms. The number of nitrogens with zero attached hydrogens (tertiary/aromatic N) is 2. The summed E-state index contributed by atoms with van der Waals surface area (Å²) < 4.78 is 7.78. The lowest BCUT2D eigenvalue weighted by molar-refractivity contribution is 0.0919. The van der Waals surface area contributed by atoms with E-state index in [2.05, 4.69) is 28.6 Å². The molecule has 1 amide bonds. The number of ether oxygens (including phenoxy) is 1. The molecule has 0 radical (unpaired) electrons. The van der Waals surface area contributed by atoms with Gasteiger partial charge in [-0.05, 0) is 36.6 Å². The van der Waals surface area contributed by atoms with Crippen LogP contribution in [0.25, 0.3) is 10.2 Å². The number of nitrogens with one attached hydrogen (secondary N) is 1. The number of fused-ring (bicyclic) bond motifs is 2. The van der Waals surface area contributed by atoms with Crippen LogP contribution in [0.5, 0.6) is 5.75 Å². The molecular weight excluding hydrogens is 382 g/mol. The van der Waals surface area contributed by atoms with E-state index >= 15 is 0 Å². The summed E-state index contributed by atoms with van der Waals surface area (Å²) in [4.78, 5) is 14.6. The molecule has 0 fully saturated rings. The van der Waals surface area contributed by atoms with E-state index in [4.69, 9.17) is 4.74 Å². The minimum Gasteiger partial charge on any atom is -0.491 e. The summed E-state index contributed by atoms with van der Waals surface area (Å²) >= 11 is 1.49. The monoisotopic (exact) mass is 403 g/mol. The van der Waals surface area contributed by atoms with Crippen molar-refractivity contribution in [3.05, 3.63) is 82.4 Å². The van der Waals surface area contributed by atoms with Crippen molar-refractivity contribution in [1.82, 2.24) is 15.1 Å². The molecule has 4 aromatic rings. The number of carbonyl (C=O) groups excluding carboxylic acids is 1. The highest BCUT2D eigenvalue weighted by Crippen LogP contribution is 2.29. The van der Waals surface area contributed by atoms with Crippen molar-refractivity contribution in [2.45, 2.75) is 25.9 Å². The van der Waals surface area contributed by atoms with Crippen molar-refractivity contribution < 1.29 is 9.53 Å². The van der Waals surface area contributed by atoms with Gasteiger partial charge < -0.3 is 10.1 Å². The van der Waals surface area contributed by atoms with E-state index in [9.17, 15) is 4.79 Å². The van der Waals surface area contributed by atoms with Gasteiger partial charge in [-0.15, -0.1) is 11.3 Å². The molecule has 1 N–H and O–H groups in total. The molecule has 0 saturated heterocycles. The average molecular weight is 404 g/mol. The Hall–Kier alpha value is -3.12. The summed E-state index contributed by atoms with van der Waals surface area (Å²) in [7, 11) is 0. The van der Waals surface area contributed by atoms with Crippen molar-refractivity contribution in [3.63, 3.8) is 0 Å². The standard InChI is InChI=1S/C23H21N3O2S/c1-15-19-12-21(29-23(19)26(25-15)13-16-7-3-2-4-8-16)22(27)24-18-11-17-9-5-6-10-20(17)28-14-18/h2-10,12,18H,11,13-14H2,1H3,(H,24,27)/t18-/m1/s1. The van der Waals surface area contributed by atoms with Gasteiger partial charge in [0.25, 0.3) is 5.91 Å². The van der Waals surface area contributed by atoms with Gasteiger partial charge in [0, 0.05) is 5.39 Å². The van der Waals surface area contributed by atoms with E-state index in [0.717, 1.165) is 33.6 Å². The van der Waals surface area contributed by atoms with E-state index in [1.54, 1.807) is 0 Å². The largest absolute Gasteiger partial charge is 0.491 e. The first-order chi connectivity index (χ1) is 14.2. The SMILES string of the molecule is Cc1nn(Cc2ccccc2)c2sc(C(=O)N[C@H]3COc4ccccc4C3)cc12. The first-order valence-electron chi connectivity index (χ1n) is 9.70. The van der Waals surface area contributed by atoms with Gasteiger partial charge in [0.15, 0.2) is 0 Å². The Labute approximate surface area is 172 Å². The first-order valence-corrected chi connectivity index (χ1v) is 10.5. The zero-order valence-electron chi connectivity index (χ0n) is 16.1. The lowest BCUT2D eigenvalue weighted by Gasteiger charge is -2.25. The number of hydrogen-bond acceptors (Lipinski definition) is 4. The second-order valence-corrected chi connectivity index (χ2v) is 8.38. The van der Waals surface area contributed by atoms with Crippen molar-refractivity contribution >= 4 is 27.5 Å². The van der Waals surface area contributed by atoms with Crippen LogP contribution >= 0.6 is 11.3 Å². The molecule has 2 aromatic carbocycles. The number of hydrogen-bond donors (Lipinski definition) is 1. The third-order valence-electron chi connectivity index (χ3n) is 5.22. The van der Waals surface area contributed by atoms with Crippen LogP contribution in [-0.2, 0) is 13.0 Å². The van der Waals surface area contributed by atoms with Gasteiger partial charge in [-0.25, -0.2) is 0 Å². The summed E-state index contributed by atoms with van der Waals surface area (Å²) in [5.41, 5.74) is 3.27. The maximum Gasteiger partial charge on any atom is 0.261 e. The number of thiophene rings is 1. The molecule has 2 aromatic heterocycles. The highest BCUT2D eigenvalue weighted by molar-refractivity contribution is 7.20. The Kier molecular flexibility index (Phi) is 4.56. The number of para-hydroxylation sites is 1. The molecule has 5 nitrogen and oxygen atoms in total. The molecule has 0 unspecified atom stereocenters. The molecule has 0 bridgehead atoms. The topological polar surface area (TPSA) is 56.2 Å². The van der Waals surface area contributed by atoms with E-state index in [-0.39, 0.29) is 11.9 Å². The molecule has 3 heterocycles. The third-order valence-corrected chi connectivity index (χ3v) is 6.37. The molecule has 0 saturated carbocycles. The van der Waals surface area contributed by atoms with Crippen LogP contribution in [0.2, 0.25) is 0 Å². The minimum absolute atomic E-state index is 0.0236. The quantitative estimate of drug-likeness (QED) is 0.556. The fourth-order valence-electron chi connectivity index (χ4n) is 3.77. The van der Waals surface area contributed by atoms with E-state index < -0.39 is 0 Å². The number of rotatable bonds is 4. The average Bonchev–Trinajstić information content (AvgIpc) is 3.30. The molecule has 5 rings (SSSR count). The van der Waals surface area contributed by atoms with Gasteiger partial charge >= 0.3 is 0 Å². The fraction of sp³-hybridized carbons (Fsp3) is 0.217. The van der Waals surface area contributed by atoms with Crippen LogP contribution in [-0.4, -0.2) is 28.3 Å². The second kappa shape index (κ2) is 7.37. The van der Waals surface area contributed by atoms with Gasteiger partial charge in [-0.2, -0.15) is 5.10 Å². The van der Waals surface area contributed by atoms with Crippen molar-refractivity contribution in [2.75, 3.05) is 6.61 Å². The lowest BCUT2D eigenvalue weighted by atomic mass is 10.0. The summed E-state index contributed by atoms with van der Waals surface area (Å²) in [6, 6.07) is 20.2. The van der Waals surface area contributed by atoms with Gasteiger partial charge in [-0.3, -0.25) is 9.48 Å². The molecule has 1 aliphatic heterocycles. The summed E-state index contributed by atoms with van der Waals surface area (Å²) in [6.45, 7) is 3.18. The number of benzene rings is 2. The first kappa shape index (κ1) is 17.9. The zero-order valence-corrected chi connectivity index (χ0v) is 16.9. The molecule has 1 atom stereocenters. The molecule has 1 aliphatic rings. The summed E-state index contributed by atoms with van der Waals surface area (Å²) in [5, 5.41) is 8.84. The number of carbonyl (C=O) groups is 1. The Bertz CT molecular complexity index is 1180. The van der Waals surface area contributed by atoms with E-state index in [0.29, 0.717) is 18.0 Å². The molecule has 0 aliphatic carbocycles.